The summed E-state index contributed by atoms with van der Waals surface area (Å²) in [6.07, 6.45) is 1.62. The van der Waals surface area contributed by atoms with E-state index in [4.69, 9.17) is 9.47 Å². The maximum absolute atomic E-state index is 13.0. The molecule has 0 saturated heterocycles. The Balaban J connectivity index is 1.83. The quantitative estimate of drug-likeness (QED) is 0.530. The Morgan fingerprint density at radius 3 is 2.13 bits per heavy atom. The second-order valence-electron chi connectivity index (χ2n) is 6.56. The molecule has 3 aromatic carbocycles. The largest absolute Gasteiger partial charge is 0.497 e. The van der Waals surface area contributed by atoms with E-state index < -0.39 is 5.91 Å². The van der Waals surface area contributed by atoms with Gasteiger partial charge in [-0.15, -0.1) is 0 Å². The maximum atomic E-state index is 13.0. The summed E-state index contributed by atoms with van der Waals surface area (Å²) >= 11 is 0. The maximum Gasteiger partial charge on any atom is 0.272 e. The molecular formula is C25H24N2O4. The second kappa shape index (κ2) is 10.6. The van der Waals surface area contributed by atoms with Crippen LogP contribution in [0.2, 0.25) is 0 Å². The Kier molecular flexibility index (Phi) is 7.43. The van der Waals surface area contributed by atoms with Crippen LogP contribution in [0.5, 0.6) is 11.5 Å². The number of carbonyl (C=O) groups is 2. The molecule has 0 bridgehead atoms. The Morgan fingerprint density at radius 2 is 1.52 bits per heavy atom. The average molecular weight is 416 g/mol. The molecule has 2 N–H and O–H groups in total. The number of hydrogen-bond donors (Lipinski definition) is 2. The third-order valence-electron chi connectivity index (χ3n) is 4.38. The summed E-state index contributed by atoms with van der Waals surface area (Å²) in [7, 11) is 1.58. The number of methoxy groups -OCH3 is 1. The number of anilines is 1. The van der Waals surface area contributed by atoms with E-state index >= 15 is 0 Å². The van der Waals surface area contributed by atoms with E-state index in [1.807, 2.05) is 13.0 Å². The van der Waals surface area contributed by atoms with Gasteiger partial charge in [0.15, 0.2) is 0 Å². The Labute approximate surface area is 181 Å². The predicted octanol–water partition coefficient (Wildman–Crippen LogP) is 4.50. The van der Waals surface area contributed by atoms with Crippen LogP contribution in [0.15, 0.2) is 84.6 Å². The molecule has 0 saturated carbocycles. The van der Waals surface area contributed by atoms with Crippen molar-refractivity contribution in [1.82, 2.24) is 5.32 Å². The molecule has 0 spiro atoms. The van der Waals surface area contributed by atoms with Crippen LogP contribution in [0.4, 0.5) is 5.69 Å². The van der Waals surface area contributed by atoms with Crippen LogP contribution < -0.4 is 20.1 Å². The van der Waals surface area contributed by atoms with Crippen molar-refractivity contribution in [2.45, 2.75) is 6.92 Å². The molecule has 6 nitrogen and oxygen atoms in total. The van der Waals surface area contributed by atoms with Gasteiger partial charge in [0.1, 0.15) is 17.2 Å². The highest BCUT2D eigenvalue weighted by Crippen LogP contribution is 2.18. The molecule has 0 atom stereocenters. The summed E-state index contributed by atoms with van der Waals surface area (Å²) in [6, 6.07) is 22.9. The van der Waals surface area contributed by atoms with Crippen molar-refractivity contribution in [1.29, 1.82) is 0 Å². The zero-order valence-electron chi connectivity index (χ0n) is 17.4. The number of nitrogens with one attached hydrogen (secondary N) is 2. The van der Waals surface area contributed by atoms with Crippen molar-refractivity contribution < 1.29 is 19.1 Å². The molecule has 0 aliphatic carbocycles. The molecular weight excluding hydrogens is 392 g/mol. The van der Waals surface area contributed by atoms with Crippen LogP contribution in [-0.2, 0) is 4.79 Å². The summed E-state index contributed by atoms with van der Waals surface area (Å²) in [5, 5.41) is 5.53. The van der Waals surface area contributed by atoms with Crippen LogP contribution in [0.25, 0.3) is 6.08 Å². The van der Waals surface area contributed by atoms with Gasteiger partial charge in [0, 0.05) is 11.3 Å². The third kappa shape index (κ3) is 6.21. The van der Waals surface area contributed by atoms with Crippen LogP contribution >= 0.6 is 0 Å². The molecule has 0 unspecified atom stereocenters. The zero-order valence-corrected chi connectivity index (χ0v) is 17.4. The molecule has 158 valence electrons. The molecule has 6 heteroatoms. The minimum Gasteiger partial charge on any atom is -0.497 e. The van der Waals surface area contributed by atoms with Gasteiger partial charge in [-0.2, -0.15) is 0 Å². The van der Waals surface area contributed by atoms with Crippen molar-refractivity contribution in [2.75, 3.05) is 19.0 Å². The van der Waals surface area contributed by atoms with Gasteiger partial charge < -0.3 is 20.1 Å². The highest BCUT2D eigenvalue weighted by atomic mass is 16.5. The summed E-state index contributed by atoms with van der Waals surface area (Å²) in [4.78, 5) is 25.6. The molecule has 0 aromatic heterocycles. The fourth-order valence-corrected chi connectivity index (χ4v) is 2.81. The van der Waals surface area contributed by atoms with Crippen molar-refractivity contribution in [2.24, 2.45) is 0 Å². The highest BCUT2D eigenvalue weighted by Gasteiger charge is 2.15. The first-order valence-corrected chi connectivity index (χ1v) is 9.85. The number of rotatable bonds is 8. The highest BCUT2D eigenvalue weighted by molar-refractivity contribution is 6.10. The minimum atomic E-state index is -0.441. The SMILES string of the molecule is CCOc1ccc(NC(=O)/C(=C/c2ccc(OC)cc2)NC(=O)c2ccccc2)cc1. The van der Waals surface area contributed by atoms with Gasteiger partial charge in [-0.25, -0.2) is 0 Å². The fraction of sp³-hybridized carbons (Fsp3) is 0.120. The van der Waals surface area contributed by atoms with E-state index in [2.05, 4.69) is 10.6 Å². The number of amides is 2. The van der Waals surface area contributed by atoms with Gasteiger partial charge in [-0.1, -0.05) is 30.3 Å². The van der Waals surface area contributed by atoms with Crippen LogP contribution in [0, 0.1) is 0 Å². The number of hydrogen-bond acceptors (Lipinski definition) is 4. The molecule has 0 aliphatic rings. The monoisotopic (exact) mass is 416 g/mol. The molecule has 0 heterocycles. The average Bonchev–Trinajstić information content (AvgIpc) is 2.81. The zero-order chi connectivity index (χ0) is 22.1. The smallest absolute Gasteiger partial charge is 0.272 e. The first kappa shape index (κ1) is 21.6. The third-order valence-corrected chi connectivity index (χ3v) is 4.38. The van der Waals surface area contributed by atoms with Crippen LogP contribution in [0.1, 0.15) is 22.8 Å². The Bertz CT molecular complexity index is 1040. The van der Waals surface area contributed by atoms with Crippen molar-refractivity contribution in [3.63, 3.8) is 0 Å². The lowest BCUT2D eigenvalue weighted by Crippen LogP contribution is -2.30. The van der Waals surface area contributed by atoms with Crippen LogP contribution in [0.3, 0.4) is 0 Å². The number of benzene rings is 3. The molecule has 0 radical (unpaired) electrons. The van der Waals surface area contributed by atoms with Gasteiger partial charge in [0.05, 0.1) is 13.7 Å². The Morgan fingerprint density at radius 1 is 0.871 bits per heavy atom. The molecule has 3 aromatic rings. The van der Waals surface area contributed by atoms with Gasteiger partial charge in [-0.05, 0) is 67.1 Å². The fourth-order valence-electron chi connectivity index (χ4n) is 2.81. The van der Waals surface area contributed by atoms with E-state index in [0.717, 1.165) is 5.56 Å². The molecule has 3 rings (SSSR count). The Hall–Kier alpha value is -4.06. The van der Waals surface area contributed by atoms with Gasteiger partial charge in [0.2, 0.25) is 0 Å². The predicted molar refractivity (Wildman–Crippen MR) is 121 cm³/mol. The van der Waals surface area contributed by atoms with Crippen molar-refractivity contribution in [3.05, 3.63) is 95.7 Å². The van der Waals surface area contributed by atoms with Gasteiger partial charge in [0.25, 0.3) is 11.8 Å². The lowest BCUT2D eigenvalue weighted by atomic mass is 10.1. The van der Waals surface area contributed by atoms with E-state index in [0.29, 0.717) is 29.4 Å². The van der Waals surface area contributed by atoms with Crippen molar-refractivity contribution >= 4 is 23.6 Å². The molecule has 31 heavy (non-hydrogen) atoms. The lowest BCUT2D eigenvalue weighted by Gasteiger charge is -2.12. The molecule has 0 fully saturated rings. The first-order chi connectivity index (χ1) is 15.1. The van der Waals surface area contributed by atoms with E-state index in [1.165, 1.54) is 0 Å². The second-order valence-corrected chi connectivity index (χ2v) is 6.56. The van der Waals surface area contributed by atoms with Crippen LogP contribution in [-0.4, -0.2) is 25.5 Å². The molecule has 0 aliphatic heterocycles. The molecule has 2 amide bonds. The van der Waals surface area contributed by atoms with E-state index in [1.54, 1.807) is 86.0 Å². The summed E-state index contributed by atoms with van der Waals surface area (Å²) in [6.45, 7) is 2.47. The number of ether oxygens (including phenoxy) is 2. The minimum absolute atomic E-state index is 0.118. The topological polar surface area (TPSA) is 76.7 Å². The lowest BCUT2D eigenvalue weighted by molar-refractivity contribution is -0.113. The standard InChI is InChI=1S/C25H24N2O4/c1-3-31-22-15-11-20(12-16-22)26-25(29)23(17-18-9-13-21(30-2)14-10-18)27-24(28)19-7-5-4-6-8-19/h4-17H,3H2,1-2H3,(H,26,29)(H,27,28)/b23-17-. The summed E-state index contributed by atoms with van der Waals surface area (Å²) < 4.78 is 10.6. The van der Waals surface area contributed by atoms with Gasteiger partial charge in [-0.3, -0.25) is 9.59 Å². The normalized spacial score (nSPS) is 10.8. The first-order valence-electron chi connectivity index (χ1n) is 9.85. The van der Waals surface area contributed by atoms with Crippen molar-refractivity contribution in [3.8, 4) is 11.5 Å². The number of carbonyl (C=O) groups excluding carboxylic acids is 2. The summed E-state index contributed by atoms with van der Waals surface area (Å²) in [5.41, 5.74) is 1.90. The van der Waals surface area contributed by atoms with E-state index in [9.17, 15) is 9.59 Å². The van der Waals surface area contributed by atoms with E-state index in [-0.39, 0.29) is 11.6 Å². The summed E-state index contributed by atoms with van der Waals surface area (Å²) in [5.74, 6) is 0.601. The van der Waals surface area contributed by atoms with Gasteiger partial charge >= 0.3 is 0 Å².